The molecule has 0 aliphatic carbocycles. The van der Waals surface area contributed by atoms with Crippen molar-refractivity contribution in [3.63, 3.8) is 0 Å². The van der Waals surface area contributed by atoms with Gasteiger partial charge in [-0.15, -0.1) is 21.5 Å². The largest absolute Gasteiger partial charge is 0.451 e. The maximum Gasteiger partial charge on any atom is 0.451 e. The fraction of sp³-hybridized carbons (Fsp3) is 0.545. The van der Waals surface area contributed by atoms with Crippen molar-refractivity contribution in [3.05, 3.63) is 22.7 Å². The van der Waals surface area contributed by atoms with Crippen LogP contribution in [0.15, 0.2) is 5.38 Å². The highest BCUT2D eigenvalue weighted by atomic mass is 32.1. The van der Waals surface area contributed by atoms with Crippen molar-refractivity contribution in [2.45, 2.75) is 25.7 Å². The van der Waals surface area contributed by atoms with E-state index < -0.39 is 12.0 Å². The van der Waals surface area contributed by atoms with Crippen LogP contribution in [0.25, 0.3) is 0 Å². The van der Waals surface area contributed by atoms with Crippen molar-refractivity contribution >= 4 is 16.5 Å². The highest BCUT2D eigenvalue weighted by Gasteiger charge is 2.39. The summed E-state index contributed by atoms with van der Waals surface area (Å²) in [5.41, 5.74) is 6.46. The summed E-state index contributed by atoms with van der Waals surface area (Å²) >= 11 is 1.38. The number of hydrogen-bond donors (Lipinski definition) is 1. The first kappa shape index (κ1) is 14.3. The SMILES string of the molecule is Nc1nc(CCN2CCn3c(nnc3C(F)(F)F)C2)cs1. The number of alkyl halides is 3. The van der Waals surface area contributed by atoms with Gasteiger partial charge in [0.05, 0.1) is 12.2 Å². The molecule has 1 aliphatic rings. The van der Waals surface area contributed by atoms with Gasteiger partial charge in [0.2, 0.25) is 5.82 Å². The molecule has 6 nitrogen and oxygen atoms in total. The summed E-state index contributed by atoms with van der Waals surface area (Å²) < 4.78 is 39.3. The molecule has 10 heteroatoms. The summed E-state index contributed by atoms with van der Waals surface area (Å²) in [5.74, 6) is -0.559. The van der Waals surface area contributed by atoms with Crippen LogP contribution < -0.4 is 5.73 Å². The minimum absolute atomic E-state index is 0.246. The van der Waals surface area contributed by atoms with Gasteiger partial charge in [0, 0.05) is 31.4 Å². The number of anilines is 1. The Balaban J connectivity index is 1.64. The molecule has 2 N–H and O–H groups in total. The molecule has 0 fully saturated rings. The Morgan fingerprint density at radius 1 is 1.29 bits per heavy atom. The molecule has 114 valence electrons. The number of nitrogen functional groups attached to an aromatic ring is 1. The normalized spacial score (nSPS) is 16.1. The maximum absolute atomic E-state index is 12.7. The lowest BCUT2D eigenvalue weighted by atomic mass is 10.2. The second-order valence-electron chi connectivity index (χ2n) is 4.79. The Labute approximate surface area is 122 Å². The fourth-order valence-corrected chi connectivity index (χ4v) is 2.92. The lowest BCUT2D eigenvalue weighted by Gasteiger charge is -2.27. The zero-order valence-corrected chi connectivity index (χ0v) is 11.8. The Kier molecular flexibility index (Phi) is 3.57. The molecule has 0 radical (unpaired) electrons. The van der Waals surface area contributed by atoms with Gasteiger partial charge in [0.1, 0.15) is 5.82 Å². The quantitative estimate of drug-likeness (QED) is 0.926. The van der Waals surface area contributed by atoms with Crippen LogP contribution in [0.1, 0.15) is 17.3 Å². The first-order valence-corrected chi connectivity index (χ1v) is 7.23. The molecule has 0 saturated heterocycles. The van der Waals surface area contributed by atoms with E-state index in [4.69, 9.17) is 5.73 Å². The summed E-state index contributed by atoms with van der Waals surface area (Å²) in [5, 5.41) is 9.33. The van der Waals surface area contributed by atoms with Gasteiger partial charge in [-0.1, -0.05) is 0 Å². The number of thiazole rings is 1. The van der Waals surface area contributed by atoms with E-state index in [1.54, 1.807) is 0 Å². The van der Waals surface area contributed by atoms with Crippen LogP contribution >= 0.6 is 11.3 Å². The Morgan fingerprint density at radius 3 is 2.76 bits per heavy atom. The van der Waals surface area contributed by atoms with E-state index in [1.165, 1.54) is 11.3 Å². The Morgan fingerprint density at radius 2 is 2.10 bits per heavy atom. The van der Waals surface area contributed by atoms with Crippen LogP contribution in [-0.2, 0) is 25.7 Å². The van der Waals surface area contributed by atoms with Gasteiger partial charge in [-0.25, -0.2) is 4.98 Å². The monoisotopic (exact) mass is 318 g/mol. The van der Waals surface area contributed by atoms with Gasteiger partial charge in [-0.05, 0) is 0 Å². The molecule has 1 aliphatic heterocycles. The van der Waals surface area contributed by atoms with Gasteiger partial charge >= 0.3 is 6.18 Å². The Bertz CT molecular complexity index is 634. The van der Waals surface area contributed by atoms with Crippen LogP contribution in [0.5, 0.6) is 0 Å². The number of hydrogen-bond acceptors (Lipinski definition) is 6. The topological polar surface area (TPSA) is 72.9 Å². The van der Waals surface area contributed by atoms with E-state index in [2.05, 4.69) is 15.2 Å². The molecule has 0 aromatic carbocycles. The summed E-state index contributed by atoms with van der Waals surface area (Å²) in [6.45, 7) is 1.85. The minimum Gasteiger partial charge on any atom is -0.375 e. The summed E-state index contributed by atoms with van der Waals surface area (Å²) in [6, 6.07) is 0. The number of fused-ring (bicyclic) bond motifs is 1. The molecule has 0 spiro atoms. The van der Waals surface area contributed by atoms with Crippen molar-refractivity contribution in [2.24, 2.45) is 0 Å². The van der Waals surface area contributed by atoms with Crippen LogP contribution in [0.3, 0.4) is 0 Å². The molecule has 0 atom stereocenters. The molecular formula is C11H13F3N6S. The molecule has 0 unspecified atom stereocenters. The first-order chi connectivity index (χ1) is 9.93. The van der Waals surface area contributed by atoms with Crippen molar-refractivity contribution in [3.8, 4) is 0 Å². The van der Waals surface area contributed by atoms with Gasteiger partial charge in [0.15, 0.2) is 5.13 Å². The standard InChI is InChI=1S/C11H13F3N6S/c12-11(13,14)9-18-17-8-5-19(3-4-20(8)9)2-1-7-6-21-10(15)16-7/h6H,1-5H2,(H2,15,16). The van der Waals surface area contributed by atoms with E-state index in [9.17, 15) is 13.2 Å². The molecule has 0 amide bonds. The second kappa shape index (κ2) is 5.26. The van der Waals surface area contributed by atoms with Crippen molar-refractivity contribution in [1.29, 1.82) is 0 Å². The molecule has 21 heavy (non-hydrogen) atoms. The third-order valence-corrected chi connectivity index (χ3v) is 4.06. The number of nitrogens with zero attached hydrogens (tertiary/aromatic N) is 5. The lowest BCUT2D eigenvalue weighted by molar-refractivity contribution is -0.148. The first-order valence-electron chi connectivity index (χ1n) is 6.35. The number of rotatable bonds is 3. The molecule has 2 aromatic rings. The summed E-state index contributed by atoms with van der Waals surface area (Å²) in [7, 11) is 0. The molecular weight excluding hydrogens is 305 g/mol. The van der Waals surface area contributed by atoms with Gasteiger partial charge < -0.3 is 10.3 Å². The van der Waals surface area contributed by atoms with E-state index in [0.717, 1.165) is 10.3 Å². The van der Waals surface area contributed by atoms with E-state index in [1.807, 2.05) is 10.3 Å². The van der Waals surface area contributed by atoms with Crippen LogP contribution in [-0.4, -0.2) is 37.7 Å². The number of nitrogens with two attached hydrogens (primary N) is 1. The molecule has 2 aromatic heterocycles. The van der Waals surface area contributed by atoms with E-state index >= 15 is 0 Å². The van der Waals surface area contributed by atoms with Gasteiger partial charge in [-0.2, -0.15) is 13.2 Å². The predicted molar refractivity (Wildman–Crippen MR) is 70.5 cm³/mol. The van der Waals surface area contributed by atoms with Crippen molar-refractivity contribution in [1.82, 2.24) is 24.6 Å². The summed E-state index contributed by atoms with van der Waals surface area (Å²) in [6.07, 6.45) is -3.74. The second-order valence-corrected chi connectivity index (χ2v) is 5.68. The molecule has 3 rings (SSSR count). The zero-order chi connectivity index (χ0) is 15.0. The fourth-order valence-electron chi connectivity index (χ4n) is 2.32. The lowest BCUT2D eigenvalue weighted by Crippen LogP contribution is -2.36. The van der Waals surface area contributed by atoms with E-state index in [0.29, 0.717) is 37.0 Å². The smallest absolute Gasteiger partial charge is 0.375 e. The van der Waals surface area contributed by atoms with Crippen LogP contribution in [0, 0.1) is 0 Å². The number of halogens is 3. The van der Waals surface area contributed by atoms with Gasteiger partial charge in [0.25, 0.3) is 0 Å². The average molecular weight is 318 g/mol. The molecule has 3 heterocycles. The molecule has 0 saturated carbocycles. The zero-order valence-electron chi connectivity index (χ0n) is 11.0. The molecule has 0 bridgehead atoms. The van der Waals surface area contributed by atoms with Crippen LogP contribution in [0.2, 0.25) is 0 Å². The van der Waals surface area contributed by atoms with Crippen LogP contribution in [0.4, 0.5) is 18.3 Å². The van der Waals surface area contributed by atoms with Crippen molar-refractivity contribution in [2.75, 3.05) is 18.8 Å². The van der Waals surface area contributed by atoms with Crippen molar-refractivity contribution < 1.29 is 13.2 Å². The highest BCUT2D eigenvalue weighted by Crippen LogP contribution is 2.29. The third-order valence-electron chi connectivity index (χ3n) is 3.34. The minimum atomic E-state index is -4.45. The van der Waals surface area contributed by atoms with Gasteiger partial charge in [-0.3, -0.25) is 4.90 Å². The van der Waals surface area contributed by atoms with E-state index in [-0.39, 0.29) is 6.54 Å². The number of aromatic nitrogens is 4. The third kappa shape index (κ3) is 3.00. The average Bonchev–Trinajstić information content (AvgIpc) is 3.01. The summed E-state index contributed by atoms with van der Waals surface area (Å²) in [4.78, 5) is 6.20. The highest BCUT2D eigenvalue weighted by molar-refractivity contribution is 7.13. The Hall–Kier alpha value is -1.68. The maximum atomic E-state index is 12.7. The predicted octanol–water partition coefficient (Wildman–Crippen LogP) is 1.39.